The Labute approximate surface area is 115 Å². The lowest BCUT2D eigenvalue weighted by molar-refractivity contribution is -0.613. The summed E-state index contributed by atoms with van der Waals surface area (Å²) in [4.78, 5) is 4.18. The monoisotopic (exact) mass is 258 g/mol. The summed E-state index contributed by atoms with van der Waals surface area (Å²) in [5, 5.41) is 11.0. The van der Waals surface area contributed by atoms with Gasteiger partial charge in [-0.25, -0.2) is 0 Å². The highest BCUT2D eigenvalue weighted by Gasteiger charge is 2.02. The van der Waals surface area contributed by atoms with E-state index in [1.54, 1.807) is 6.20 Å². The zero-order valence-electron chi connectivity index (χ0n) is 12.6. The Morgan fingerprint density at radius 2 is 1.47 bits per heavy atom. The summed E-state index contributed by atoms with van der Waals surface area (Å²) in [7, 11) is 0. The molecule has 102 valence electrons. The molecule has 2 aromatic rings. The van der Waals surface area contributed by atoms with Crippen LogP contribution in [0.3, 0.4) is 0 Å². The van der Waals surface area contributed by atoms with E-state index in [-0.39, 0.29) is 0 Å². The first-order valence-corrected chi connectivity index (χ1v) is 6.38. The van der Waals surface area contributed by atoms with Crippen LogP contribution >= 0.6 is 0 Å². The van der Waals surface area contributed by atoms with Crippen LogP contribution in [0.2, 0.25) is 0 Å². The van der Waals surface area contributed by atoms with E-state index in [4.69, 9.17) is 0 Å². The molecule has 0 aliphatic heterocycles. The second kappa shape index (κ2) is 6.32. The fourth-order valence-corrected chi connectivity index (χ4v) is 1.72. The maximum Gasteiger partial charge on any atom is 0.192 e. The highest BCUT2D eigenvalue weighted by atomic mass is 16.5. The maximum atomic E-state index is 11.0. The van der Waals surface area contributed by atoms with Gasteiger partial charge in [0.15, 0.2) is 11.9 Å². The number of nitrogens with zero attached hydrogens (tertiary/aromatic N) is 2. The third-order valence-corrected chi connectivity index (χ3v) is 3.14. The predicted molar refractivity (Wildman–Crippen MR) is 78.1 cm³/mol. The summed E-state index contributed by atoms with van der Waals surface area (Å²) in [5.41, 5.74) is 6.48. The molecule has 0 atom stereocenters. The van der Waals surface area contributed by atoms with Crippen LogP contribution in [0.15, 0.2) is 24.5 Å². The van der Waals surface area contributed by atoms with Crippen molar-refractivity contribution in [3.63, 3.8) is 0 Å². The van der Waals surface area contributed by atoms with Gasteiger partial charge in [-0.15, -0.1) is 0 Å². The molecular formula is C16H22N2O. The van der Waals surface area contributed by atoms with Gasteiger partial charge in [-0.1, -0.05) is 6.07 Å². The van der Waals surface area contributed by atoms with E-state index in [1.807, 2.05) is 40.0 Å². The van der Waals surface area contributed by atoms with Crippen LogP contribution in [0.1, 0.15) is 33.6 Å². The highest BCUT2D eigenvalue weighted by Crippen LogP contribution is 2.04. The molecular weight excluding hydrogens is 236 g/mol. The molecule has 0 saturated heterocycles. The molecule has 0 radical (unpaired) electrons. The highest BCUT2D eigenvalue weighted by molar-refractivity contribution is 5.21. The zero-order valence-corrected chi connectivity index (χ0v) is 12.6. The second-order valence-corrected chi connectivity index (χ2v) is 5.03. The minimum Gasteiger partial charge on any atom is -0.618 e. The third-order valence-electron chi connectivity index (χ3n) is 3.14. The topological polar surface area (TPSA) is 39.8 Å². The molecule has 0 N–H and O–H groups in total. The van der Waals surface area contributed by atoms with Gasteiger partial charge in [0, 0.05) is 29.9 Å². The van der Waals surface area contributed by atoms with Crippen molar-refractivity contribution in [3.8, 4) is 0 Å². The van der Waals surface area contributed by atoms with E-state index >= 15 is 0 Å². The Morgan fingerprint density at radius 1 is 0.895 bits per heavy atom. The molecule has 0 aliphatic rings. The summed E-state index contributed by atoms with van der Waals surface area (Å²) < 4.78 is 0.907. The van der Waals surface area contributed by atoms with Crippen LogP contribution in [0, 0.1) is 46.7 Å². The van der Waals surface area contributed by atoms with E-state index < -0.39 is 0 Å². The SMILES string of the molecule is Cc1cc(C)c(C)[n+]([O-])c1.Cc1cnc(C)c(C)c1. The number of rotatable bonds is 0. The van der Waals surface area contributed by atoms with Crippen LogP contribution in [0.4, 0.5) is 0 Å². The van der Waals surface area contributed by atoms with Gasteiger partial charge in [-0.05, 0) is 51.8 Å². The van der Waals surface area contributed by atoms with Crippen LogP contribution in [-0.2, 0) is 0 Å². The Bertz CT molecular complexity index is 554. The number of hydrogen-bond donors (Lipinski definition) is 0. The zero-order chi connectivity index (χ0) is 14.6. The van der Waals surface area contributed by atoms with Crippen molar-refractivity contribution in [3.05, 3.63) is 63.4 Å². The fraction of sp³-hybridized carbons (Fsp3) is 0.375. The van der Waals surface area contributed by atoms with Gasteiger partial charge >= 0.3 is 0 Å². The molecule has 3 heteroatoms. The van der Waals surface area contributed by atoms with Crippen molar-refractivity contribution < 1.29 is 4.73 Å². The van der Waals surface area contributed by atoms with Crippen molar-refractivity contribution >= 4 is 0 Å². The van der Waals surface area contributed by atoms with Crippen molar-refractivity contribution in [2.45, 2.75) is 41.5 Å². The molecule has 0 spiro atoms. The quantitative estimate of drug-likeness (QED) is 0.537. The van der Waals surface area contributed by atoms with Crippen molar-refractivity contribution in [2.24, 2.45) is 0 Å². The van der Waals surface area contributed by atoms with Crippen molar-refractivity contribution in [1.29, 1.82) is 0 Å². The summed E-state index contributed by atoms with van der Waals surface area (Å²) in [6.45, 7) is 11.8. The Kier molecular flexibility index (Phi) is 5.04. The summed E-state index contributed by atoms with van der Waals surface area (Å²) in [6, 6.07) is 4.14. The first kappa shape index (κ1) is 15.2. The summed E-state index contributed by atoms with van der Waals surface area (Å²) >= 11 is 0. The molecule has 0 unspecified atom stereocenters. The fourth-order valence-electron chi connectivity index (χ4n) is 1.72. The molecule has 2 aromatic heterocycles. The van der Waals surface area contributed by atoms with Gasteiger partial charge in [-0.3, -0.25) is 4.98 Å². The van der Waals surface area contributed by atoms with Gasteiger partial charge in [0.25, 0.3) is 0 Å². The molecule has 2 heterocycles. The number of hydrogen-bond acceptors (Lipinski definition) is 2. The average molecular weight is 258 g/mol. The third kappa shape index (κ3) is 4.36. The maximum absolute atomic E-state index is 11.0. The molecule has 2 rings (SSSR count). The lowest BCUT2D eigenvalue weighted by atomic mass is 10.2. The lowest BCUT2D eigenvalue weighted by Gasteiger charge is -2.03. The first-order valence-electron chi connectivity index (χ1n) is 6.38. The molecule has 0 fully saturated rings. The lowest BCUT2D eigenvalue weighted by Crippen LogP contribution is -2.30. The van der Waals surface area contributed by atoms with E-state index in [0.29, 0.717) is 0 Å². The predicted octanol–water partition coefficient (Wildman–Crippen LogP) is 3.25. The van der Waals surface area contributed by atoms with Crippen LogP contribution < -0.4 is 4.73 Å². The second-order valence-electron chi connectivity index (χ2n) is 5.03. The van der Waals surface area contributed by atoms with Gasteiger partial charge in [-0.2, -0.15) is 4.73 Å². The number of pyridine rings is 2. The Balaban J connectivity index is 0.000000191. The van der Waals surface area contributed by atoms with Gasteiger partial charge in [0.1, 0.15) is 0 Å². The van der Waals surface area contributed by atoms with Crippen molar-refractivity contribution in [1.82, 2.24) is 4.98 Å². The number of aryl methyl sites for hydroxylation is 5. The minimum absolute atomic E-state index is 0.783. The molecule has 0 amide bonds. The first-order chi connectivity index (χ1) is 8.81. The normalized spacial score (nSPS) is 9.79. The smallest absolute Gasteiger partial charge is 0.192 e. The van der Waals surface area contributed by atoms with E-state index in [2.05, 4.69) is 24.9 Å². The summed E-state index contributed by atoms with van der Waals surface area (Å²) in [5.74, 6) is 0. The van der Waals surface area contributed by atoms with Gasteiger partial charge in [0.05, 0.1) is 0 Å². The molecule has 0 bridgehead atoms. The largest absolute Gasteiger partial charge is 0.618 e. The van der Waals surface area contributed by atoms with Crippen LogP contribution in [0.5, 0.6) is 0 Å². The number of aromatic nitrogens is 2. The van der Waals surface area contributed by atoms with Crippen molar-refractivity contribution in [2.75, 3.05) is 0 Å². The Morgan fingerprint density at radius 3 is 1.95 bits per heavy atom. The van der Waals surface area contributed by atoms with Gasteiger partial charge in [0.2, 0.25) is 0 Å². The van der Waals surface area contributed by atoms with E-state index in [1.165, 1.54) is 11.1 Å². The molecule has 0 aromatic carbocycles. The summed E-state index contributed by atoms with van der Waals surface area (Å²) in [6.07, 6.45) is 3.48. The van der Waals surface area contributed by atoms with E-state index in [0.717, 1.165) is 27.2 Å². The van der Waals surface area contributed by atoms with Crippen LogP contribution in [0.25, 0.3) is 0 Å². The Hall–Kier alpha value is -1.90. The standard InChI is InChI=1S/C8H11NO.C8H11N/c1-6-4-7(2)8(3)9(10)5-6;1-6-4-7(2)8(3)9-5-6/h4-5H,1-3H3;4-5H,1-3H3. The minimum atomic E-state index is 0.783. The average Bonchev–Trinajstić information content (AvgIpc) is 2.32. The molecule has 0 aliphatic carbocycles. The van der Waals surface area contributed by atoms with E-state index in [9.17, 15) is 5.21 Å². The van der Waals surface area contributed by atoms with Gasteiger partial charge < -0.3 is 5.21 Å². The molecule has 3 nitrogen and oxygen atoms in total. The van der Waals surface area contributed by atoms with Crippen LogP contribution in [-0.4, -0.2) is 4.98 Å². The molecule has 0 saturated carbocycles. The molecule has 19 heavy (non-hydrogen) atoms.